The third kappa shape index (κ3) is 1.83. The fourth-order valence-corrected chi connectivity index (χ4v) is 2.15. The van der Waals surface area contributed by atoms with Gasteiger partial charge in [-0.25, -0.2) is 13.8 Å². The summed E-state index contributed by atoms with van der Waals surface area (Å²) in [5.41, 5.74) is 8.07. The average Bonchev–Trinajstić information content (AvgIpc) is 2.66. The smallest absolute Gasteiger partial charge is 0.142 e. The van der Waals surface area contributed by atoms with Gasteiger partial charge in [-0.05, 0) is 30.3 Å². The first-order valence-electron chi connectivity index (χ1n) is 5.73. The van der Waals surface area contributed by atoms with E-state index in [9.17, 15) is 8.78 Å². The van der Waals surface area contributed by atoms with Crippen molar-refractivity contribution in [2.75, 3.05) is 5.73 Å². The lowest BCUT2D eigenvalue weighted by Gasteiger charge is -2.05. The third-order valence-corrected chi connectivity index (χ3v) is 3.10. The Balaban J connectivity index is 2.27. The van der Waals surface area contributed by atoms with E-state index in [1.165, 1.54) is 24.3 Å². The molecule has 0 saturated carbocycles. The van der Waals surface area contributed by atoms with E-state index in [4.69, 9.17) is 5.73 Å². The van der Waals surface area contributed by atoms with Crippen molar-refractivity contribution in [3.63, 3.8) is 0 Å². The number of nitrogen functional groups attached to an aromatic ring is 1. The normalized spacial score (nSPS) is 11.1. The number of nitrogens with two attached hydrogens (primary N) is 1. The summed E-state index contributed by atoms with van der Waals surface area (Å²) >= 11 is 0. The molecule has 0 saturated heterocycles. The lowest BCUT2D eigenvalue weighted by atomic mass is 10.1. The van der Waals surface area contributed by atoms with E-state index in [0.717, 1.165) is 5.52 Å². The Morgan fingerprint density at radius 2 is 1.74 bits per heavy atom. The molecule has 0 amide bonds. The van der Waals surface area contributed by atoms with Gasteiger partial charge in [-0.1, -0.05) is 0 Å². The molecule has 3 rings (SSSR count). The molecular weight excluding hydrogens is 248 g/mol. The summed E-state index contributed by atoms with van der Waals surface area (Å²) in [6.45, 7) is 0. The highest BCUT2D eigenvalue weighted by Crippen LogP contribution is 2.28. The Kier molecular flexibility index (Phi) is 2.48. The number of anilines is 1. The summed E-state index contributed by atoms with van der Waals surface area (Å²) in [4.78, 5) is 4.35. The molecule has 5 heteroatoms. The van der Waals surface area contributed by atoms with Crippen LogP contribution in [0.4, 0.5) is 14.5 Å². The number of aromatic nitrogens is 2. The molecule has 1 heterocycles. The zero-order chi connectivity index (χ0) is 13.6. The van der Waals surface area contributed by atoms with Crippen LogP contribution in [0.1, 0.15) is 0 Å². The molecule has 0 bridgehead atoms. The van der Waals surface area contributed by atoms with Crippen molar-refractivity contribution in [3.05, 3.63) is 48.0 Å². The highest BCUT2D eigenvalue weighted by molar-refractivity contribution is 5.83. The minimum absolute atomic E-state index is 0.305. The molecule has 2 N–H and O–H groups in total. The van der Waals surface area contributed by atoms with E-state index < -0.39 is 5.82 Å². The van der Waals surface area contributed by atoms with Crippen LogP contribution in [0.25, 0.3) is 22.4 Å². The van der Waals surface area contributed by atoms with Gasteiger partial charge in [-0.3, -0.25) is 0 Å². The van der Waals surface area contributed by atoms with Crippen LogP contribution < -0.4 is 5.73 Å². The molecule has 3 nitrogen and oxygen atoms in total. The topological polar surface area (TPSA) is 43.8 Å². The van der Waals surface area contributed by atoms with Crippen LogP contribution in [0.15, 0.2) is 36.4 Å². The first kappa shape index (κ1) is 11.6. The molecule has 3 aromatic rings. The predicted molar refractivity (Wildman–Crippen MR) is 70.5 cm³/mol. The van der Waals surface area contributed by atoms with Crippen LogP contribution in [0.2, 0.25) is 0 Å². The fraction of sp³-hybridized carbons (Fsp3) is 0.0714. The average molecular weight is 259 g/mol. The summed E-state index contributed by atoms with van der Waals surface area (Å²) in [5, 5.41) is 0. The number of imidazole rings is 1. The minimum Gasteiger partial charge on any atom is -0.398 e. The standard InChI is InChI=1S/C14H11F2N3/c1-19-13-5-3-9(16)7-12(13)18-14(19)10-4-2-8(15)6-11(10)17/h2-7H,17H2,1H3. The van der Waals surface area contributed by atoms with Gasteiger partial charge in [0.2, 0.25) is 0 Å². The predicted octanol–water partition coefficient (Wildman–Crippen LogP) is 3.10. The van der Waals surface area contributed by atoms with E-state index in [0.29, 0.717) is 22.6 Å². The van der Waals surface area contributed by atoms with Crippen LogP contribution in [0, 0.1) is 11.6 Å². The second-order valence-corrected chi connectivity index (χ2v) is 4.36. The van der Waals surface area contributed by atoms with Crippen molar-refractivity contribution >= 4 is 16.7 Å². The maximum Gasteiger partial charge on any atom is 0.142 e. The molecule has 0 atom stereocenters. The number of fused-ring (bicyclic) bond motifs is 1. The lowest BCUT2D eigenvalue weighted by Crippen LogP contribution is -1.97. The summed E-state index contributed by atoms with van der Waals surface area (Å²) in [7, 11) is 1.81. The molecule has 0 fully saturated rings. The van der Waals surface area contributed by atoms with Crippen LogP contribution in [-0.2, 0) is 7.05 Å². The van der Waals surface area contributed by atoms with Gasteiger partial charge in [-0.15, -0.1) is 0 Å². The van der Waals surface area contributed by atoms with E-state index in [1.54, 1.807) is 16.7 Å². The van der Waals surface area contributed by atoms with Gasteiger partial charge < -0.3 is 10.3 Å². The number of rotatable bonds is 1. The third-order valence-electron chi connectivity index (χ3n) is 3.10. The van der Waals surface area contributed by atoms with Gasteiger partial charge in [0, 0.05) is 24.4 Å². The van der Waals surface area contributed by atoms with Gasteiger partial charge >= 0.3 is 0 Å². The Hall–Kier alpha value is -2.43. The van der Waals surface area contributed by atoms with Crippen molar-refractivity contribution in [2.45, 2.75) is 0 Å². The number of hydrogen-bond donors (Lipinski definition) is 1. The zero-order valence-electron chi connectivity index (χ0n) is 10.2. The lowest BCUT2D eigenvalue weighted by molar-refractivity contribution is 0.628. The number of hydrogen-bond acceptors (Lipinski definition) is 2. The SMILES string of the molecule is Cn1c(-c2ccc(F)cc2N)nc2cc(F)ccc21. The number of aryl methyl sites for hydroxylation is 1. The maximum atomic E-state index is 13.2. The Bertz CT molecular complexity index is 778. The second-order valence-electron chi connectivity index (χ2n) is 4.36. The van der Waals surface area contributed by atoms with E-state index in [2.05, 4.69) is 4.98 Å². The Labute approximate surface area is 108 Å². The summed E-state index contributed by atoms with van der Waals surface area (Å²) in [6, 6.07) is 8.53. The van der Waals surface area contributed by atoms with Gasteiger partial charge in [0.05, 0.1) is 11.0 Å². The molecule has 0 aliphatic rings. The molecule has 2 aromatic carbocycles. The molecule has 19 heavy (non-hydrogen) atoms. The summed E-state index contributed by atoms with van der Waals surface area (Å²) in [5.74, 6) is -0.159. The molecule has 0 spiro atoms. The number of benzene rings is 2. The summed E-state index contributed by atoms with van der Waals surface area (Å²) < 4.78 is 28.1. The van der Waals surface area contributed by atoms with Crippen molar-refractivity contribution in [1.29, 1.82) is 0 Å². The largest absolute Gasteiger partial charge is 0.398 e. The monoisotopic (exact) mass is 259 g/mol. The minimum atomic E-state index is -0.397. The van der Waals surface area contributed by atoms with E-state index in [1.807, 2.05) is 7.05 Å². The molecule has 0 radical (unpaired) electrons. The van der Waals surface area contributed by atoms with Gasteiger partial charge in [0.1, 0.15) is 17.5 Å². The fourth-order valence-electron chi connectivity index (χ4n) is 2.15. The molecule has 1 aromatic heterocycles. The van der Waals surface area contributed by atoms with Gasteiger partial charge in [-0.2, -0.15) is 0 Å². The zero-order valence-corrected chi connectivity index (χ0v) is 10.2. The Morgan fingerprint density at radius 3 is 2.47 bits per heavy atom. The second kappa shape index (κ2) is 4.05. The van der Waals surface area contributed by atoms with Crippen molar-refractivity contribution < 1.29 is 8.78 Å². The van der Waals surface area contributed by atoms with Crippen molar-refractivity contribution in [3.8, 4) is 11.4 Å². The number of halogens is 2. The van der Waals surface area contributed by atoms with Crippen molar-refractivity contribution in [2.24, 2.45) is 7.05 Å². The molecule has 0 aliphatic heterocycles. The molecule has 96 valence electrons. The molecule has 0 unspecified atom stereocenters. The highest BCUT2D eigenvalue weighted by atomic mass is 19.1. The Morgan fingerprint density at radius 1 is 1.05 bits per heavy atom. The first-order valence-corrected chi connectivity index (χ1v) is 5.73. The van der Waals surface area contributed by atoms with E-state index in [-0.39, 0.29) is 5.82 Å². The van der Waals surface area contributed by atoms with Gasteiger partial charge in [0.25, 0.3) is 0 Å². The maximum absolute atomic E-state index is 13.2. The number of nitrogens with zero attached hydrogens (tertiary/aromatic N) is 2. The van der Waals surface area contributed by atoms with Gasteiger partial charge in [0.15, 0.2) is 0 Å². The first-order chi connectivity index (χ1) is 9.06. The van der Waals surface area contributed by atoms with Crippen molar-refractivity contribution in [1.82, 2.24) is 9.55 Å². The molecular formula is C14H11F2N3. The summed E-state index contributed by atoms with van der Waals surface area (Å²) in [6.07, 6.45) is 0. The van der Waals surface area contributed by atoms with Crippen LogP contribution in [0.5, 0.6) is 0 Å². The highest BCUT2D eigenvalue weighted by Gasteiger charge is 2.13. The van der Waals surface area contributed by atoms with E-state index >= 15 is 0 Å². The van der Waals surface area contributed by atoms with Crippen LogP contribution in [-0.4, -0.2) is 9.55 Å². The van der Waals surface area contributed by atoms with Crippen LogP contribution in [0.3, 0.4) is 0 Å². The quantitative estimate of drug-likeness (QED) is 0.682. The molecule has 0 aliphatic carbocycles. The van der Waals surface area contributed by atoms with Crippen LogP contribution >= 0.6 is 0 Å².